The molecular weight excluding hydrogens is 182 g/mol. The Kier molecular flexibility index (Phi) is 5.32. The van der Waals surface area contributed by atoms with E-state index in [0.29, 0.717) is 11.5 Å². The molecule has 0 fully saturated rings. The lowest BCUT2D eigenvalue weighted by Crippen LogP contribution is -2.46. The fourth-order valence-electron chi connectivity index (χ4n) is 3.21. The van der Waals surface area contributed by atoms with Crippen molar-refractivity contribution in [2.45, 2.75) is 79.8 Å². The summed E-state index contributed by atoms with van der Waals surface area (Å²) in [6.45, 7) is 18.5. The van der Waals surface area contributed by atoms with Crippen LogP contribution in [0.2, 0.25) is 0 Å². The van der Waals surface area contributed by atoms with E-state index < -0.39 is 0 Å². The molecule has 1 heteroatoms. The van der Waals surface area contributed by atoms with Crippen molar-refractivity contribution in [3.8, 4) is 0 Å². The molecule has 1 N–H and O–H groups in total. The first-order valence-electron chi connectivity index (χ1n) is 6.32. The van der Waals surface area contributed by atoms with Gasteiger partial charge in [0, 0.05) is 11.6 Å². The van der Waals surface area contributed by atoms with Gasteiger partial charge < -0.3 is 5.32 Å². The monoisotopic (exact) mass is 213 g/mol. The summed E-state index contributed by atoms with van der Waals surface area (Å²) in [6.07, 6.45) is 2.53. The molecule has 0 saturated carbocycles. The minimum absolute atomic E-state index is 0.243. The van der Waals surface area contributed by atoms with E-state index in [2.05, 4.69) is 60.7 Å². The normalized spacial score (nSPS) is 14.0. The van der Waals surface area contributed by atoms with E-state index in [9.17, 15) is 0 Å². The summed E-state index contributed by atoms with van der Waals surface area (Å²) in [5.74, 6) is 0.787. The highest BCUT2D eigenvalue weighted by molar-refractivity contribution is 4.86. The summed E-state index contributed by atoms with van der Waals surface area (Å²) in [7, 11) is 0. The van der Waals surface area contributed by atoms with Gasteiger partial charge in [0.15, 0.2) is 0 Å². The predicted molar refractivity (Wildman–Crippen MR) is 70.2 cm³/mol. The van der Waals surface area contributed by atoms with E-state index in [1.807, 2.05) is 0 Å². The largest absolute Gasteiger partial charge is 0.310 e. The molecule has 0 atom stereocenters. The molecule has 0 spiro atoms. The Morgan fingerprint density at radius 3 is 1.73 bits per heavy atom. The molecule has 0 aliphatic carbocycles. The lowest BCUT2D eigenvalue weighted by atomic mass is 9.75. The first-order chi connectivity index (χ1) is 6.54. The Balaban J connectivity index is 4.29. The Hall–Kier alpha value is -0.0400. The van der Waals surface area contributed by atoms with Gasteiger partial charge in [-0.05, 0) is 38.0 Å². The van der Waals surface area contributed by atoms with E-state index in [1.165, 1.54) is 12.8 Å². The van der Waals surface area contributed by atoms with Gasteiger partial charge >= 0.3 is 0 Å². The molecule has 0 radical (unpaired) electrons. The third kappa shape index (κ3) is 7.84. The zero-order valence-electron chi connectivity index (χ0n) is 12.1. The van der Waals surface area contributed by atoms with Gasteiger partial charge in [0.25, 0.3) is 0 Å². The third-order valence-corrected chi connectivity index (χ3v) is 2.56. The maximum absolute atomic E-state index is 3.65. The Morgan fingerprint density at radius 2 is 1.40 bits per heavy atom. The van der Waals surface area contributed by atoms with Crippen molar-refractivity contribution in [3.05, 3.63) is 0 Å². The van der Waals surface area contributed by atoms with Gasteiger partial charge in [-0.3, -0.25) is 0 Å². The highest BCUT2D eigenvalue weighted by atomic mass is 15.0. The van der Waals surface area contributed by atoms with Crippen LogP contribution in [0.15, 0.2) is 0 Å². The lowest BCUT2D eigenvalue weighted by molar-refractivity contribution is 0.182. The number of rotatable bonds is 6. The van der Waals surface area contributed by atoms with Crippen molar-refractivity contribution in [3.63, 3.8) is 0 Å². The van der Waals surface area contributed by atoms with Crippen molar-refractivity contribution in [2.75, 3.05) is 0 Å². The van der Waals surface area contributed by atoms with Crippen molar-refractivity contribution in [1.29, 1.82) is 0 Å². The highest BCUT2D eigenvalue weighted by Crippen LogP contribution is 2.34. The molecule has 0 saturated heterocycles. The molecular formula is C14H31N. The molecule has 1 nitrogen and oxygen atoms in total. The molecule has 0 aliphatic rings. The second-order valence-corrected chi connectivity index (χ2v) is 7.12. The van der Waals surface area contributed by atoms with Gasteiger partial charge in [-0.1, -0.05) is 41.5 Å². The average molecular weight is 213 g/mol. The fraction of sp³-hybridized carbons (Fsp3) is 1.00. The summed E-state index contributed by atoms with van der Waals surface area (Å²) in [5, 5.41) is 3.65. The SMILES string of the molecule is CC(C)CC(C)(C)CC(C)(C)NC(C)C. The molecule has 0 amide bonds. The third-order valence-electron chi connectivity index (χ3n) is 2.56. The minimum Gasteiger partial charge on any atom is -0.310 e. The summed E-state index contributed by atoms with van der Waals surface area (Å²) >= 11 is 0. The van der Waals surface area contributed by atoms with Crippen molar-refractivity contribution < 1.29 is 0 Å². The quantitative estimate of drug-likeness (QED) is 0.696. The van der Waals surface area contributed by atoms with Crippen LogP contribution in [0.1, 0.15) is 68.2 Å². The summed E-state index contributed by atoms with van der Waals surface area (Å²) in [5.41, 5.74) is 0.673. The molecule has 0 aliphatic heterocycles. The predicted octanol–water partition coefficient (Wildman–Crippen LogP) is 4.23. The smallest absolute Gasteiger partial charge is 0.0132 e. The second-order valence-electron chi connectivity index (χ2n) is 7.12. The van der Waals surface area contributed by atoms with Crippen LogP contribution in [0.4, 0.5) is 0 Å². The average Bonchev–Trinajstić information content (AvgIpc) is 1.73. The Bertz CT molecular complexity index is 158. The number of nitrogens with one attached hydrogen (secondary N) is 1. The fourth-order valence-corrected chi connectivity index (χ4v) is 3.21. The van der Waals surface area contributed by atoms with Crippen LogP contribution in [0.5, 0.6) is 0 Å². The van der Waals surface area contributed by atoms with Crippen LogP contribution in [0, 0.1) is 11.3 Å². The number of hydrogen-bond donors (Lipinski definition) is 1. The molecule has 0 unspecified atom stereocenters. The maximum Gasteiger partial charge on any atom is 0.0132 e. The highest BCUT2D eigenvalue weighted by Gasteiger charge is 2.29. The van der Waals surface area contributed by atoms with E-state index in [0.717, 1.165) is 5.92 Å². The van der Waals surface area contributed by atoms with Crippen LogP contribution in [-0.2, 0) is 0 Å². The first kappa shape index (κ1) is 15.0. The van der Waals surface area contributed by atoms with Gasteiger partial charge in [0.1, 0.15) is 0 Å². The lowest BCUT2D eigenvalue weighted by Gasteiger charge is -2.38. The molecule has 0 heterocycles. The minimum atomic E-state index is 0.243. The van der Waals surface area contributed by atoms with Crippen LogP contribution in [0.3, 0.4) is 0 Å². The second kappa shape index (κ2) is 5.34. The molecule has 0 aromatic heterocycles. The molecule has 0 rings (SSSR count). The topological polar surface area (TPSA) is 12.0 Å². The van der Waals surface area contributed by atoms with E-state index in [4.69, 9.17) is 0 Å². The van der Waals surface area contributed by atoms with Crippen LogP contribution in [-0.4, -0.2) is 11.6 Å². The maximum atomic E-state index is 3.65. The summed E-state index contributed by atoms with van der Waals surface area (Å²) < 4.78 is 0. The van der Waals surface area contributed by atoms with Gasteiger partial charge in [0.05, 0.1) is 0 Å². The molecule has 15 heavy (non-hydrogen) atoms. The van der Waals surface area contributed by atoms with Gasteiger partial charge in [-0.2, -0.15) is 0 Å². The zero-order valence-corrected chi connectivity index (χ0v) is 12.1. The van der Waals surface area contributed by atoms with Crippen LogP contribution >= 0.6 is 0 Å². The van der Waals surface area contributed by atoms with E-state index in [1.54, 1.807) is 0 Å². The van der Waals surface area contributed by atoms with Crippen LogP contribution < -0.4 is 5.32 Å². The van der Waals surface area contributed by atoms with Crippen molar-refractivity contribution in [2.24, 2.45) is 11.3 Å². The zero-order chi connectivity index (χ0) is 12.3. The van der Waals surface area contributed by atoms with Crippen LogP contribution in [0.25, 0.3) is 0 Å². The molecule has 0 aromatic carbocycles. The van der Waals surface area contributed by atoms with Gasteiger partial charge in [0.2, 0.25) is 0 Å². The standard InChI is InChI=1S/C14H31N/c1-11(2)9-13(5,6)10-14(7,8)15-12(3)4/h11-12,15H,9-10H2,1-8H3. The first-order valence-corrected chi connectivity index (χ1v) is 6.32. The van der Waals surface area contributed by atoms with Crippen molar-refractivity contribution >= 4 is 0 Å². The van der Waals surface area contributed by atoms with Crippen molar-refractivity contribution in [1.82, 2.24) is 5.32 Å². The molecule has 0 aromatic rings. The molecule has 92 valence electrons. The van der Waals surface area contributed by atoms with Gasteiger partial charge in [-0.15, -0.1) is 0 Å². The van der Waals surface area contributed by atoms with E-state index >= 15 is 0 Å². The number of hydrogen-bond acceptors (Lipinski definition) is 1. The summed E-state index contributed by atoms with van der Waals surface area (Å²) in [4.78, 5) is 0. The molecule has 0 bridgehead atoms. The van der Waals surface area contributed by atoms with Gasteiger partial charge in [-0.25, -0.2) is 0 Å². The Morgan fingerprint density at radius 1 is 0.933 bits per heavy atom. The Labute approximate surface area is 97.0 Å². The van der Waals surface area contributed by atoms with E-state index in [-0.39, 0.29) is 5.54 Å². The summed E-state index contributed by atoms with van der Waals surface area (Å²) in [6, 6.07) is 0.565.